The summed E-state index contributed by atoms with van der Waals surface area (Å²) in [4.78, 5) is 27.0. The second-order valence-electron chi connectivity index (χ2n) is 8.77. The molecule has 17 heteroatoms. The molecule has 5 atom stereocenters. The number of nitrogens with one attached hydrogen (secondary N) is 1. The highest BCUT2D eigenvalue weighted by Gasteiger charge is 2.55. The third-order valence-electron chi connectivity index (χ3n) is 5.85. The SMILES string of the molecule is CCOc1nc(N)nc2c1ncn2[C@@H]1O[C@H](COP(=O)(NCC(C)=O)Oc2ccccc2)[C@@H](O)[C@@]1(C)N=[N+]=[N-]. The van der Waals surface area contributed by atoms with E-state index in [1.165, 1.54) is 24.7 Å². The number of aliphatic hydroxyl groups is 1. The molecule has 0 amide bonds. The molecule has 39 heavy (non-hydrogen) atoms. The molecule has 0 saturated carbocycles. The van der Waals surface area contributed by atoms with Gasteiger partial charge in [0.2, 0.25) is 11.8 Å². The molecule has 0 bridgehead atoms. The number of hydrogen-bond acceptors (Lipinski definition) is 12. The number of Topliss-reactive ketones (excluding diaryl/α,β-unsaturated/α-hetero) is 1. The Morgan fingerprint density at radius 1 is 1.38 bits per heavy atom. The lowest BCUT2D eigenvalue weighted by Crippen LogP contribution is -2.42. The van der Waals surface area contributed by atoms with Crippen molar-refractivity contribution >= 4 is 30.6 Å². The van der Waals surface area contributed by atoms with Crippen LogP contribution in [0.15, 0.2) is 41.8 Å². The number of fused-ring (bicyclic) bond motifs is 1. The fourth-order valence-corrected chi connectivity index (χ4v) is 5.37. The summed E-state index contributed by atoms with van der Waals surface area (Å²) in [6, 6.07) is 8.22. The van der Waals surface area contributed by atoms with Crippen molar-refractivity contribution in [3.05, 3.63) is 47.1 Å². The van der Waals surface area contributed by atoms with Gasteiger partial charge < -0.3 is 24.8 Å². The summed E-state index contributed by atoms with van der Waals surface area (Å²) in [5, 5.41) is 17.5. The second kappa shape index (κ2) is 11.5. The van der Waals surface area contributed by atoms with Crippen LogP contribution in [0.4, 0.5) is 5.95 Å². The van der Waals surface area contributed by atoms with E-state index >= 15 is 0 Å². The molecule has 0 spiro atoms. The number of nitrogens with two attached hydrogens (primary N) is 1. The number of aromatic nitrogens is 4. The van der Waals surface area contributed by atoms with Crippen molar-refractivity contribution in [2.24, 2.45) is 5.11 Å². The summed E-state index contributed by atoms with van der Waals surface area (Å²) >= 11 is 0. The van der Waals surface area contributed by atoms with Crippen LogP contribution in [0.3, 0.4) is 0 Å². The van der Waals surface area contributed by atoms with Gasteiger partial charge in [-0.15, -0.1) is 0 Å². The number of nitrogens with zero attached hydrogens (tertiary/aromatic N) is 7. The van der Waals surface area contributed by atoms with Gasteiger partial charge in [0.05, 0.1) is 32.2 Å². The number of para-hydroxylation sites is 1. The highest BCUT2D eigenvalue weighted by atomic mass is 31.2. The standard InChI is InChI=1S/C22H28N9O7P/c1-4-35-19-16-18(27-21(23)28-19)31(12-25-16)20-22(3,29-30-24)17(33)15(37-20)11-36-39(34,26-10-13(2)32)38-14-8-6-5-7-9-14/h5-9,12,15,17,20,33H,4,10-11H2,1-3H3,(H,26,34)(H2,23,27,28)/t15-,17-,20-,22-,39?/m1/s1. The molecule has 0 radical (unpaired) electrons. The molecule has 1 fully saturated rings. The van der Waals surface area contributed by atoms with Crippen LogP contribution in [-0.2, 0) is 18.6 Å². The first kappa shape index (κ1) is 28.2. The molecular weight excluding hydrogens is 533 g/mol. The number of anilines is 1. The van der Waals surface area contributed by atoms with Crippen LogP contribution in [0.25, 0.3) is 21.6 Å². The largest absolute Gasteiger partial charge is 0.476 e. The molecule has 4 rings (SSSR count). The fourth-order valence-electron chi connectivity index (χ4n) is 4.00. The minimum absolute atomic E-state index is 0.0906. The minimum atomic E-state index is -4.11. The van der Waals surface area contributed by atoms with Gasteiger partial charge in [0.25, 0.3) is 0 Å². The lowest BCUT2D eigenvalue weighted by Gasteiger charge is -2.28. The molecule has 1 aromatic carbocycles. The Bertz CT molecular complexity index is 1430. The lowest BCUT2D eigenvalue weighted by atomic mass is 9.93. The van der Waals surface area contributed by atoms with E-state index in [-0.39, 0.29) is 41.1 Å². The number of carbonyl (C=O) groups excluding carboxylic acids is 1. The van der Waals surface area contributed by atoms with Crippen molar-refractivity contribution in [1.29, 1.82) is 0 Å². The Morgan fingerprint density at radius 3 is 2.79 bits per heavy atom. The Hall–Kier alpha value is -3.78. The number of carbonyl (C=O) groups is 1. The Balaban J connectivity index is 1.63. The number of azide groups is 1. The summed E-state index contributed by atoms with van der Waals surface area (Å²) in [7, 11) is -4.11. The van der Waals surface area contributed by atoms with Crippen LogP contribution < -0.4 is 20.1 Å². The fraction of sp³-hybridized carbons (Fsp3) is 0.455. The third kappa shape index (κ3) is 5.96. The van der Waals surface area contributed by atoms with Gasteiger partial charge in [0, 0.05) is 4.91 Å². The van der Waals surface area contributed by atoms with Crippen LogP contribution in [0, 0.1) is 0 Å². The Morgan fingerprint density at radius 2 is 2.13 bits per heavy atom. The average molecular weight is 561 g/mol. The van der Waals surface area contributed by atoms with E-state index in [0.717, 1.165) is 0 Å². The van der Waals surface area contributed by atoms with Crippen molar-refractivity contribution in [3.63, 3.8) is 0 Å². The predicted octanol–water partition coefficient (Wildman–Crippen LogP) is 2.52. The van der Waals surface area contributed by atoms with Crippen molar-refractivity contribution in [2.75, 3.05) is 25.5 Å². The van der Waals surface area contributed by atoms with E-state index in [4.69, 9.17) is 24.3 Å². The summed E-state index contributed by atoms with van der Waals surface area (Å²) in [5.41, 5.74) is 14.1. The lowest BCUT2D eigenvalue weighted by molar-refractivity contribution is -0.116. The predicted molar refractivity (Wildman–Crippen MR) is 138 cm³/mol. The van der Waals surface area contributed by atoms with E-state index in [1.54, 1.807) is 37.3 Å². The van der Waals surface area contributed by atoms with Crippen LogP contribution in [0.5, 0.6) is 11.6 Å². The molecule has 0 aliphatic carbocycles. The van der Waals surface area contributed by atoms with Crippen LogP contribution >= 0.6 is 7.75 Å². The van der Waals surface area contributed by atoms with E-state index < -0.39 is 38.3 Å². The second-order valence-corrected chi connectivity index (χ2v) is 10.5. The van der Waals surface area contributed by atoms with Gasteiger partial charge >= 0.3 is 7.75 Å². The van der Waals surface area contributed by atoms with Crippen molar-refractivity contribution in [3.8, 4) is 11.6 Å². The molecule has 2 aromatic heterocycles. The quantitative estimate of drug-likeness (QED) is 0.126. The van der Waals surface area contributed by atoms with Gasteiger partial charge in [-0.1, -0.05) is 23.3 Å². The first-order valence-electron chi connectivity index (χ1n) is 11.9. The molecule has 3 heterocycles. The number of rotatable bonds is 12. The first-order valence-corrected chi connectivity index (χ1v) is 13.4. The van der Waals surface area contributed by atoms with E-state index in [1.807, 2.05) is 0 Å². The molecule has 3 aromatic rings. The van der Waals surface area contributed by atoms with Gasteiger partial charge in [0.1, 0.15) is 23.2 Å². The van der Waals surface area contributed by atoms with Crippen LogP contribution in [0.2, 0.25) is 0 Å². The van der Waals surface area contributed by atoms with Crippen LogP contribution in [0.1, 0.15) is 27.0 Å². The van der Waals surface area contributed by atoms with Crippen molar-refractivity contribution < 1.29 is 33.0 Å². The Labute approximate surface area is 222 Å². The molecule has 1 aliphatic rings. The zero-order valence-corrected chi connectivity index (χ0v) is 22.3. The zero-order chi connectivity index (χ0) is 28.2. The van der Waals surface area contributed by atoms with Gasteiger partial charge in [-0.05, 0) is 38.4 Å². The van der Waals surface area contributed by atoms with Gasteiger partial charge in [-0.2, -0.15) is 9.97 Å². The molecular formula is C22H28N9O7P. The third-order valence-corrected chi connectivity index (χ3v) is 7.34. The topological polar surface area (TPSA) is 222 Å². The highest BCUT2D eigenvalue weighted by molar-refractivity contribution is 7.52. The summed E-state index contributed by atoms with van der Waals surface area (Å²) in [6.45, 7) is 4.11. The molecule has 208 valence electrons. The summed E-state index contributed by atoms with van der Waals surface area (Å²) < 4.78 is 37.6. The number of ether oxygens (including phenoxy) is 2. The smallest absolute Gasteiger partial charge is 0.459 e. The summed E-state index contributed by atoms with van der Waals surface area (Å²) in [5.74, 6) is -0.0116. The molecule has 4 N–H and O–H groups in total. The van der Waals surface area contributed by atoms with E-state index in [2.05, 4.69) is 30.1 Å². The van der Waals surface area contributed by atoms with Crippen LogP contribution in [-0.4, -0.2) is 67.9 Å². The number of aliphatic hydroxyl groups excluding tert-OH is 1. The number of imidazole rings is 1. The number of nitrogen functional groups attached to an aromatic ring is 1. The van der Waals surface area contributed by atoms with E-state index in [9.17, 15) is 20.0 Å². The first-order chi connectivity index (χ1) is 18.6. The van der Waals surface area contributed by atoms with Crippen molar-refractivity contribution in [2.45, 2.75) is 44.7 Å². The Kier molecular flexibility index (Phi) is 8.35. The molecule has 16 nitrogen and oxygen atoms in total. The minimum Gasteiger partial charge on any atom is -0.476 e. The summed E-state index contributed by atoms with van der Waals surface area (Å²) in [6.07, 6.45) is -2.35. The molecule has 1 unspecified atom stereocenters. The number of benzene rings is 1. The van der Waals surface area contributed by atoms with Gasteiger partial charge in [0.15, 0.2) is 17.4 Å². The normalized spacial score (nSPS) is 24.2. The molecule has 1 aliphatic heterocycles. The maximum absolute atomic E-state index is 13.5. The average Bonchev–Trinajstić information content (AvgIpc) is 3.41. The number of hydrogen-bond donors (Lipinski definition) is 3. The zero-order valence-electron chi connectivity index (χ0n) is 21.4. The highest BCUT2D eigenvalue weighted by Crippen LogP contribution is 2.47. The van der Waals surface area contributed by atoms with Gasteiger partial charge in [-0.3, -0.25) is 13.9 Å². The number of ketones is 1. The monoisotopic (exact) mass is 561 g/mol. The maximum atomic E-state index is 13.5. The van der Waals surface area contributed by atoms with E-state index in [0.29, 0.717) is 6.61 Å². The molecule has 1 saturated heterocycles. The van der Waals surface area contributed by atoms with Crippen molar-refractivity contribution in [1.82, 2.24) is 24.6 Å². The van der Waals surface area contributed by atoms with Gasteiger partial charge in [-0.25, -0.2) is 14.6 Å². The maximum Gasteiger partial charge on any atom is 0.459 e.